The smallest absolute Gasteiger partial charge is 0.272 e. The van der Waals surface area contributed by atoms with Crippen LogP contribution in [0.1, 0.15) is 74.7 Å². The lowest BCUT2D eigenvalue weighted by Crippen LogP contribution is -2.36. The van der Waals surface area contributed by atoms with E-state index in [1.165, 1.54) is 44.9 Å². The molecule has 0 radical (unpaired) electrons. The van der Waals surface area contributed by atoms with Crippen LogP contribution in [-0.2, 0) is 0 Å². The van der Waals surface area contributed by atoms with E-state index in [0.29, 0.717) is 11.7 Å². The van der Waals surface area contributed by atoms with E-state index in [4.69, 9.17) is 0 Å². The van der Waals surface area contributed by atoms with Gasteiger partial charge < -0.3 is 10.6 Å². The van der Waals surface area contributed by atoms with Crippen molar-refractivity contribution < 1.29 is 4.79 Å². The molecule has 1 heterocycles. The van der Waals surface area contributed by atoms with E-state index < -0.39 is 0 Å². The molecule has 5 heteroatoms. The highest BCUT2D eigenvalue weighted by atomic mass is 16.2. The Kier molecular flexibility index (Phi) is 6.21. The Morgan fingerprint density at radius 3 is 2.67 bits per heavy atom. The van der Waals surface area contributed by atoms with Gasteiger partial charge in [0.25, 0.3) is 5.91 Å². The Labute approximate surface area is 144 Å². The number of rotatable bonds is 6. The van der Waals surface area contributed by atoms with Gasteiger partial charge in [0.2, 0.25) is 0 Å². The Hall–Kier alpha value is -1.91. The normalized spacial score (nSPS) is 18.8. The summed E-state index contributed by atoms with van der Waals surface area (Å²) in [7, 11) is 0. The molecule has 0 unspecified atom stereocenters. The maximum absolute atomic E-state index is 12.2. The third kappa shape index (κ3) is 5.05. The van der Waals surface area contributed by atoms with Crippen LogP contribution >= 0.6 is 0 Å². The molecule has 24 heavy (non-hydrogen) atoms. The number of nitrogens with zero attached hydrogens (tertiary/aromatic N) is 2. The van der Waals surface area contributed by atoms with Crippen molar-refractivity contribution in [1.82, 2.24) is 15.5 Å². The highest BCUT2D eigenvalue weighted by Crippen LogP contribution is 2.20. The molecule has 0 aliphatic heterocycles. The number of carbonyl (C=O) groups is 1. The second kappa shape index (κ2) is 8.81. The zero-order valence-electron chi connectivity index (χ0n) is 14.4. The molecule has 1 fully saturated rings. The van der Waals surface area contributed by atoms with Gasteiger partial charge in [-0.1, -0.05) is 30.9 Å². The first-order valence-corrected chi connectivity index (χ1v) is 9.37. The molecule has 0 atom stereocenters. The van der Waals surface area contributed by atoms with Crippen LogP contribution in [0, 0.1) is 0 Å². The predicted molar refractivity (Wildman–Crippen MR) is 96.0 cm³/mol. The van der Waals surface area contributed by atoms with Gasteiger partial charge in [0.15, 0.2) is 5.69 Å². The van der Waals surface area contributed by atoms with Crippen molar-refractivity contribution in [1.29, 1.82) is 0 Å². The van der Waals surface area contributed by atoms with Crippen molar-refractivity contribution >= 4 is 11.7 Å². The zero-order chi connectivity index (χ0) is 16.6. The Bertz CT molecular complexity index is 561. The van der Waals surface area contributed by atoms with Gasteiger partial charge >= 0.3 is 0 Å². The average molecular weight is 328 g/mol. The van der Waals surface area contributed by atoms with Crippen LogP contribution in [0.15, 0.2) is 23.8 Å². The number of carbonyl (C=O) groups excluding carboxylic acids is 1. The lowest BCUT2D eigenvalue weighted by molar-refractivity contribution is 0.0921. The molecule has 2 aliphatic carbocycles. The highest BCUT2D eigenvalue weighted by Gasteiger charge is 2.17. The fraction of sp³-hybridized carbons (Fsp3) is 0.632. The molecule has 5 nitrogen and oxygen atoms in total. The molecule has 130 valence electrons. The van der Waals surface area contributed by atoms with E-state index in [2.05, 4.69) is 26.9 Å². The summed E-state index contributed by atoms with van der Waals surface area (Å²) in [6, 6.07) is 3.90. The first kappa shape index (κ1) is 16.9. The van der Waals surface area contributed by atoms with Crippen LogP contribution in [0.25, 0.3) is 0 Å². The Morgan fingerprint density at radius 1 is 1.08 bits per heavy atom. The molecule has 0 saturated heterocycles. The number of aromatic nitrogens is 2. The van der Waals surface area contributed by atoms with Gasteiger partial charge in [0, 0.05) is 12.6 Å². The Morgan fingerprint density at radius 2 is 1.96 bits per heavy atom. The molecule has 1 aromatic heterocycles. The van der Waals surface area contributed by atoms with Gasteiger partial charge in [0.1, 0.15) is 5.82 Å². The fourth-order valence-electron chi connectivity index (χ4n) is 3.54. The molecule has 1 amide bonds. The molecule has 2 N–H and O–H groups in total. The van der Waals surface area contributed by atoms with E-state index in [0.717, 1.165) is 31.6 Å². The first-order chi connectivity index (χ1) is 11.8. The van der Waals surface area contributed by atoms with Crippen molar-refractivity contribution in [2.45, 2.75) is 70.3 Å². The van der Waals surface area contributed by atoms with Crippen molar-refractivity contribution in [3.8, 4) is 0 Å². The summed E-state index contributed by atoms with van der Waals surface area (Å²) in [5, 5.41) is 14.6. The molecule has 0 bridgehead atoms. The largest absolute Gasteiger partial charge is 0.368 e. The summed E-state index contributed by atoms with van der Waals surface area (Å²) in [6.45, 7) is 0.869. The Balaban J connectivity index is 1.44. The minimum absolute atomic E-state index is 0.103. The van der Waals surface area contributed by atoms with Crippen molar-refractivity contribution in [3.63, 3.8) is 0 Å². The predicted octanol–water partition coefficient (Wildman–Crippen LogP) is 3.84. The number of allylic oxidation sites excluding steroid dienone is 1. The topological polar surface area (TPSA) is 66.9 Å². The zero-order valence-corrected chi connectivity index (χ0v) is 14.4. The van der Waals surface area contributed by atoms with Crippen LogP contribution in [-0.4, -0.2) is 28.7 Å². The van der Waals surface area contributed by atoms with Gasteiger partial charge in [-0.15, -0.1) is 10.2 Å². The summed E-state index contributed by atoms with van der Waals surface area (Å²) in [5.41, 5.74) is 1.95. The van der Waals surface area contributed by atoms with Gasteiger partial charge in [-0.3, -0.25) is 4.79 Å². The quantitative estimate of drug-likeness (QED) is 0.779. The molecule has 1 saturated carbocycles. The third-order valence-electron chi connectivity index (χ3n) is 4.97. The third-order valence-corrected chi connectivity index (χ3v) is 4.97. The average Bonchev–Trinajstić information content (AvgIpc) is 2.64. The van der Waals surface area contributed by atoms with E-state index in [9.17, 15) is 4.79 Å². The van der Waals surface area contributed by atoms with Crippen LogP contribution in [0.4, 0.5) is 5.82 Å². The van der Waals surface area contributed by atoms with Gasteiger partial charge in [-0.25, -0.2) is 0 Å². The van der Waals surface area contributed by atoms with Gasteiger partial charge in [-0.05, 0) is 57.1 Å². The number of hydrogen-bond donors (Lipinski definition) is 2. The van der Waals surface area contributed by atoms with Crippen molar-refractivity contribution in [2.24, 2.45) is 0 Å². The summed E-state index contributed by atoms with van der Waals surface area (Å²) >= 11 is 0. The number of amides is 1. The van der Waals surface area contributed by atoms with Crippen LogP contribution < -0.4 is 10.6 Å². The van der Waals surface area contributed by atoms with Crippen molar-refractivity contribution in [3.05, 3.63) is 29.5 Å². The lowest BCUT2D eigenvalue weighted by Gasteiger charge is -2.22. The minimum atomic E-state index is -0.103. The SMILES string of the molecule is O=C(NC1CCCCC1)c1ccc(NCCC2=CCCCC2)nn1. The number of anilines is 1. The van der Waals surface area contributed by atoms with E-state index in [1.54, 1.807) is 11.6 Å². The summed E-state index contributed by atoms with van der Waals surface area (Å²) in [5.74, 6) is 0.633. The lowest BCUT2D eigenvalue weighted by atomic mass is 9.95. The molecule has 0 spiro atoms. The maximum Gasteiger partial charge on any atom is 0.272 e. The first-order valence-electron chi connectivity index (χ1n) is 9.37. The second-order valence-corrected chi connectivity index (χ2v) is 6.90. The minimum Gasteiger partial charge on any atom is -0.368 e. The summed E-state index contributed by atoms with van der Waals surface area (Å²) in [4.78, 5) is 12.2. The highest BCUT2D eigenvalue weighted by molar-refractivity contribution is 5.92. The van der Waals surface area contributed by atoms with Gasteiger partial charge in [-0.2, -0.15) is 0 Å². The molecule has 0 aromatic carbocycles. The molecular formula is C19H28N4O. The number of nitrogens with one attached hydrogen (secondary N) is 2. The summed E-state index contributed by atoms with van der Waals surface area (Å²) in [6.07, 6.45) is 14.4. The fourth-order valence-corrected chi connectivity index (χ4v) is 3.54. The maximum atomic E-state index is 12.2. The number of hydrogen-bond acceptors (Lipinski definition) is 4. The monoisotopic (exact) mass is 328 g/mol. The van der Waals surface area contributed by atoms with Crippen LogP contribution in [0.3, 0.4) is 0 Å². The van der Waals surface area contributed by atoms with Crippen LogP contribution in [0.5, 0.6) is 0 Å². The van der Waals surface area contributed by atoms with E-state index >= 15 is 0 Å². The van der Waals surface area contributed by atoms with E-state index in [1.807, 2.05) is 6.07 Å². The summed E-state index contributed by atoms with van der Waals surface area (Å²) < 4.78 is 0. The van der Waals surface area contributed by atoms with Crippen molar-refractivity contribution in [2.75, 3.05) is 11.9 Å². The van der Waals surface area contributed by atoms with E-state index in [-0.39, 0.29) is 5.91 Å². The second-order valence-electron chi connectivity index (χ2n) is 6.90. The molecular weight excluding hydrogens is 300 g/mol. The van der Waals surface area contributed by atoms with Crippen LogP contribution in [0.2, 0.25) is 0 Å². The van der Waals surface area contributed by atoms with Gasteiger partial charge in [0.05, 0.1) is 0 Å². The molecule has 1 aromatic rings. The molecule has 3 rings (SSSR count). The standard InChI is InChI=1S/C19H28N4O/c24-19(21-16-9-5-2-6-10-16)17-11-12-18(23-22-17)20-14-13-15-7-3-1-4-8-15/h7,11-12,16H,1-6,8-10,13-14H2,(H,20,23)(H,21,24). The molecule has 2 aliphatic rings.